The van der Waals surface area contributed by atoms with E-state index in [-0.39, 0.29) is 29.9 Å². The Labute approximate surface area is 199 Å². The molecule has 0 spiro atoms. The third kappa shape index (κ3) is 6.73. The highest BCUT2D eigenvalue weighted by atomic mass is 127. The summed E-state index contributed by atoms with van der Waals surface area (Å²) in [6.45, 7) is 7.32. The number of aliphatic imine (C=N–C) groups is 1. The SMILES string of the molecule is CCNC(=NCCNC(=O)c1cccnc1)N1CCN(c2ccccc2Cl)CC1.I. The molecule has 1 aliphatic heterocycles. The fourth-order valence-corrected chi connectivity index (χ4v) is 3.48. The third-order valence-corrected chi connectivity index (χ3v) is 5.01. The van der Waals surface area contributed by atoms with E-state index in [1.54, 1.807) is 24.5 Å². The minimum atomic E-state index is -0.133. The minimum Gasteiger partial charge on any atom is -0.367 e. The Morgan fingerprint density at radius 3 is 2.57 bits per heavy atom. The fourth-order valence-electron chi connectivity index (χ4n) is 3.22. The van der Waals surface area contributed by atoms with Gasteiger partial charge in [0.25, 0.3) is 5.91 Å². The van der Waals surface area contributed by atoms with Crippen LogP contribution in [0.4, 0.5) is 5.69 Å². The van der Waals surface area contributed by atoms with Gasteiger partial charge in [0.15, 0.2) is 5.96 Å². The molecule has 1 amide bonds. The number of amides is 1. The Balaban J connectivity index is 0.00000320. The van der Waals surface area contributed by atoms with Gasteiger partial charge in [-0.3, -0.25) is 14.8 Å². The molecule has 2 N–H and O–H groups in total. The number of rotatable bonds is 6. The molecule has 0 bridgehead atoms. The number of nitrogens with zero attached hydrogens (tertiary/aromatic N) is 4. The first-order chi connectivity index (χ1) is 14.2. The van der Waals surface area contributed by atoms with Crippen LogP contribution in [0.5, 0.6) is 0 Å². The van der Waals surface area contributed by atoms with Gasteiger partial charge in [-0.05, 0) is 31.2 Å². The van der Waals surface area contributed by atoms with Crippen molar-refractivity contribution in [2.75, 3.05) is 50.7 Å². The molecule has 7 nitrogen and oxygen atoms in total. The number of aromatic nitrogens is 1. The molecule has 1 aromatic carbocycles. The smallest absolute Gasteiger partial charge is 0.252 e. The lowest BCUT2D eigenvalue weighted by molar-refractivity contribution is 0.0954. The number of nitrogens with one attached hydrogen (secondary N) is 2. The van der Waals surface area contributed by atoms with Crippen LogP contribution in [0, 0.1) is 0 Å². The Hall–Kier alpha value is -2.07. The molecule has 0 aliphatic carbocycles. The molecule has 1 fully saturated rings. The number of hydrogen-bond acceptors (Lipinski definition) is 4. The van der Waals surface area contributed by atoms with Crippen molar-refractivity contribution < 1.29 is 4.79 Å². The number of anilines is 1. The van der Waals surface area contributed by atoms with Crippen LogP contribution in [0.3, 0.4) is 0 Å². The van der Waals surface area contributed by atoms with Gasteiger partial charge in [0.1, 0.15) is 0 Å². The number of carbonyl (C=O) groups is 1. The molecular weight excluding hydrogens is 515 g/mol. The van der Waals surface area contributed by atoms with Gasteiger partial charge in [0.05, 0.1) is 22.8 Å². The van der Waals surface area contributed by atoms with Crippen LogP contribution >= 0.6 is 35.6 Å². The highest BCUT2D eigenvalue weighted by Crippen LogP contribution is 2.25. The molecule has 3 rings (SSSR count). The fraction of sp³-hybridized carbons (Fsp3) is 0.381. The van der Waals surface area contributed by atoms with Crippen molar-refractivity contribution in [2.45, 2.75) is 6.92 Å². The number of pyridine rings is 1. The summed E-state index contributed by atoms with van der Waals surface area (Å²) in [6, 6.07) is 11.4. The molecule has 2 heterocycles. The summed E-state index contributed by atoms with van der Waals surface area (Å²) in [4.78, 5) is 25.3. The average molecular weight is 543 g/mol. The number of hydrogen-bond donors (Lipinski definition) is 2. The Bertz CT molecular complexity index is 827. The van der Waals surface area contributed by atoms with Crippen LogP contribution in [0.25, 0.3) is 0 Å². The van der Waals surface area contributed by atoms with Crippen molar-refractivity contribution in [1.29, 1.82) is 0 Å². The van der Waals surface area contributed by atoms with Crippen LogP contribution in [0.15, 0.2) is 53.8 Å². The van der Waals surface area contributed by atoms with E-state index in [0.29, 0.717) is 18.7 Å². The third-order valence-electron chi connectivity index (χ3n) is 4.69. The second kappa shape index (κ2) is 12.6. The van der Waals surface area contributed by atoms with E-state index < -0.39 is 0 Å². The van der Waals surface area contributed by atoms with Crippen molar-refractivity contribution in [2.24, 2.45) is 4.99 Å². The quantitative estimate of drug-likeness (QED) is 0.254. The first-order valence-electron chi connectivity index (χ1n) is 9.90. The summed E-state index contributed by atoms with van der Waals surface area (Å²) in [6.07, 6.45) is 3.20. The number of guanidine groups is 1. The number of benzene rings is 1. The zero-order chi connectivity index (χ0) is 20.5. The van der Waals surface area contributed by atoms with E-state index in [0.717, 1.165) is 49.4 Å². The zero-order valence-corrected chi connectivity index (χ0v) is 20.1. The van der Waals surface area contributed by atoms with Gasteiger partial charge in [-0.1, -0.05) is 23.7 Å². The molecule has 9 heteroatoms. The van der Waals surface area contributed by atoms with Crippen LogP contribution in [-0.4, -0.2) is 67.6 Å². The van der Waals surface area contributed by atoms with Crippen molar-refractivity contribution in [1.82, 2.24) is 20.5 Å². The maximum atomic E-state index is 12.1. The van der Waals surface area contributed by atoms with E-state index in [1.807, 2.05) is 18.2 Å². The molecule has 1 saturated heterocycles. The molecule has 1 aromatic heterocycles. The summed E-state index contributed by atoms with van der Waals surface area (Å²) >= 11 is 6.33. The van der Waals surface area contributed by atoms with E-state index >= 15 is 0 Å². The largest absolute Gasteiger partial charge is 0.367 e. The topological polar surface area (TPSA) is 72.9 Å². The van der Waals surface area contributed by atoms with Crippen LogP contribution in [0.1, 0.15) is 17.3 Å². The second-order valence-electron chi connectivity index (χ2n) is 6.66. The first kappa shape index (κ1) is 24.2. The second-order valence-corrected chi connectivity index (χ2v) is 7.07. The highest BCUT2D eigenvalue weighted by molar-refractivity contribution is 14.0. The predicted molar refractivity (Wildman–Crippen MR) is 133 cm³/mol. The molecule has 0 radical (unpaired) electrons. The Morgan fingerprint density at radius 2 is 1.90 bits per heavy atom. The number of para-hydroxylation sites is 1. The molecule has 2 aromatic rings. The maximum absolute atomic E-state index is 12.1. The summed E-state index contributed by atoms with van der Waals surface area (Å²) in [5, 5.41) is 7.01. The Kier molecular flexibility index (Phi) is 10.2. The van der Waals surface area contributed by atoms with Gasteiger partial charge in [0.2, 0.25) is 0 Å². The van der Waals surface area contributed by atoms with E-state index in [1.165, 1.54) is 0 Å². The number of piperazine rings is 1. The zero-order valence-electron chi connectivity index (χ0n) is 17.1. The Morgan fingerprint density at radius 1 is 1.13 bits per heavy atom. The summed E-state index contributed by atoms with van der Waals surface area (Å²) in [5.41, 5.74) is 1.63. The van der Waals surface area contributed by atoms with Crippen LogP contribution in [0.2, 0.25) is 5.02 Å². The molecule has 162 valence electrons. The lowest BCUT2D eigenvalue weighted by Gasteiger charge is -2.38. The molecular formula is C21H28ClIN6O. The van der Waals surface area contributed by atoms with E-state index in [4.69, 9.17) is 11.6 Å². The van der Waals surface area contributed by atoms with Crippen LogP contribution < -0.4 is 15.5 Å². The summed E-state index contributed by atoms with van der Waals surface area (Å²) in [7, 11) is 0. The minimum absolute atomic E-state index is 0. The molecule has 0 atom stereocenters. The van der Waals surface area contributed by atoms with Gasteiger partial charge in [-0.25, -0.2) is 0 Å². The number of halogens is 2. The van der Waals surface area contributed by atoms with Gasteiger partial charge < -0.3 is 20.4 Å². The highest BCUT2D eigenvalue weighted by Gasteiger charge is 2.20. The normalized spacial score (nSPS) is 14.1. The predicted octanol–water partition coefficient (Wildman–Crippen LogP) is 2.87. The van der Waals surface area contributed by atoms with Gasteiger partial charge in [-0.15, -0.1) is 24.0 Å². The standard InChI is InChI=1S/C21H27ClN6O.HI/c1-2-24-21(26-11-10-25-20(29)17-6-5-9-23-16-17)28-14-12-27(13-15-28)19-8-4-3-7-18(19)22;/h3-9,16H,2,10-15H2,1H3,(H,24,26)(H,25,29);1H. The van der Waals surface area contributed by atoms with Crippen molar-refractivity contribution in [3.63, 3.8) is 0 Å². The van der Waals surface area contributed by atoms with Crippen molar-refractivity contribution in [3.05, 3.63) is 59.4 Å². The van der Waals surface area contributed by atoms with Gasteiger partial charge in [0, 0.05) is 51.7 Å². The van der Waals surface area contributed by atoms with Gasteiger partial charge in [-0.2, -0.15) is 0 Å². The first-order valence-corrected chi connectivity index (χ1v) is 10.3. The summed E-state index contributed by atoms with van der Waals surface area (Å²) < 4.78 is 0. The lowest BCUT2D eigenvalue weighted by atomic mass is 10.2. The lowest BCUT2D eigenvalue weighted by Crippen LogP contribution is -2.52. The van der Waals surface area contributed by atoms with E-state index in [2.05, 4.69) is 43.4 Å². The molecule has 0 unspecified atom stereocenters. The maximum Gasteiger partial charge on any atom is 0.252 e. The number of carbonyl (C=O) groups excluding carboxylic acids is 1. The molecule has 0 saturated carbocycles. The van der Waals surface area contributed by atoms with Crippen LogP contribution in [-0.2, 0) is 0 Å². The van der Waals surface area contributed by atoms with Crippen molar-refractivity contribution >= 4 is 53.1 Å². The van der Waals surface area contributed by atoms with E-state index in [9.17, 15) is 4.79 Å². The monoisotopic (exact) mass is 542 g/mol. The molecule has 30 heavy (non-hydrogen) atoms. The van der Waals surface area contributed by atoms with Crippen molar-refractivity contribution in [3.8, 4) is 0 Å². The van der Waals surface area contributed by atoms with Gasteiger partial charge >= 0.3 is 0 Å². The summed E-state index contributed by atoms with van der Waals surface area (Å²) in [5.74, 6) is 0.744. The molecule has 1 aliphatic rings. The average Bonchev–Trinajstić information content (AvgIpc) is 2.77.